The SMILES string of the molecule is CCc1cc(N(c2ccccc2)c2cccc3c2oc2ccccc23)ccc1-c1c(CC)cc(N(c2ccccc2)c2cccc3c2oc2ccccc23)c2ccccc12. The topological polar surface area (TPSA) is 32.8 Å². The number of para-hydroxylation sites is 6. The van der Waals surface area contributed by atoms with Crippen molar-refractivity contribution in [3.05, 3.63) is 205 Å². The highest BCUT2D eigenvalue weighted by atomic mass is 16.3. The Morgan fingerprint density at radius 2 is 0.833 bits per heavy atom. The molecular formula is C56H42N2O2. The summed E-state index contributed by atoms with van der Waals surface area (Å²) in [6.07, 6.45) is 1.73. The highest BCUT2D eigenvalue weighted by Crippen LogP contribution is 2.49. The summed E-state index contributed by atoms with van der Waals surface area (Å²) in [4.78, 5) is 4.72. The van der Waals surface area contributed by atoms with Crippen LogP contribution in [0.1, 0.15) is 25.0 Å². The second kappa shape index (κ2) is 14.7. The van der Waals surface area contributed by atoms with Crippen LogP contribution in [0.4, 0.5) is 34.1 Å². The van der Waals surface area contributed by atoms with E-state index in [1.54, 1.807) is 0 Å². The molecule has 0 radical (unpaired) electrons. The zero-order valence-corrected chi connectivity index (χ0v) is 33.6. The van der Waals surface area contributed by atoms with Crippen LogP contribution in [0.15, 0.2) is 203 Å². The third-order valence-corrected chi connectivity index (χ3v) is 12.0. The Morgan fingerprint density at radius 1 is 0.350 bits per heavy atom. The quantitative estimate of drug-likeness (QED) is 0.146. The van der Waals surface area contributed by atoms with Crippen LogP contribution < -0.4 is 9.80 Å². The molecule has 0 aliphatic carbocycles. The molecule has 0 N–H and O–H groups in total. The largest absolute Gasteiger partial charge is 0.454 e. The molecule has 60 heavy (non-hydrogen) atoms. The molecule has 2 aromatic heterocycles. The van der Waals surface area contributed by atoms with Gasteiger partial charge < -0.3 is 18.6 Å². The molecule has 0 unspecified atom stereocenters. The fourth-order valence-corrected chi connectivity index (χ4v) is 9.26. The van der Waals surface area contributed by atoms with E-state index in [-0.39, 0.29) is 0 Å². The second-order valence-electron chi connectivity index (χ2n) is 15.4. The Morgan fingerprint density at radius 3 is 1.42 bits per heavy atom. The molecule has 288 valence electrons. The van der Waals surface area contributed by atoms with Gasteiger partial charge in [0.1, 0.15) is 11.2 Å². The van der Waals surface area contributed by atoms with Gasteiger partial charge in [0.25, 0.3) is 0 Å². The molecular weight excluding hydrogens is 733 g/mol. The van der Waals surface area contributed by atoms with Gasteiger partial charge in [0.15, 0.2) is 11.2 Å². The maximum Gasteiger partial charge on any atom is 0.159 e. The molecule has 9 aromatic carbocycles. The lowest BCUT2D eigenvalue weighted by molar-refractivity contribution is 0.668. The molecule has 0 aliphatic heterocycles. The molecule has 0 saturated carbocycles. The van der Waals surface area contributed by atoms with E-state index in [0.717, 1.165) is 90.8 Å². The van der Waals surface area contributed by atoms with Gasteiger partial charge in [0.2, 0.25) is 0 Å². The van der Waals surface area contributed by atoms with Gasteiger partial charge in [0, 0.05) is 44.0 Å². The first-order valence-corrected chi connectivity index (χ1v) is 20.9. The number of anilines is 6. The summed E-state index contributed by atoms with van der Waals surface area (Å²) in [5.41, 5.74) is 15.0. The van der Waals surface area contributed by atoms with Crippen molar-refractivity contribution in [2.45, 2.75) is 26.7 Å². The third kappa shape index (κ3) is 5.75. The number of furan rings is 2. The highest BCUT2D eigenvalue weighted by Gasteiger charge is 2.25. The highest BCUT2D eigenvalue weighted by molar-refractivity contribution is 6.14. The molecule has 4 nitrogen and oxygen atoms in total. The van der Waals surface area contributed by atoms with E-state index in [9.17, 15) is 0 Å². The Balaban J connectivity index is 1.11. The number of fused-ring (bicyclic) bond motifs is 7. The lowest BCUT2D eigenvalue weighted by atomic mass is 9.87. The number of nitrogens with zero attached hydrogens (tertiary/aromatic N) is 2. The molecule has 2 heterocycles. The van der Waals surface area contributed by atoms with Crippen LogP contribution in [-0.4, -0.2) is 0 Å². The van der Waals surface area contributed by atoms with Crippen LogP contribution in [-0.2, 0) is 12.8 Å². The molecule has 0 saturated heterocycles. The predicted octanol–water partition coefficient (Wildman–Crippen LogP) is 16.4. The summed E-state index contributed by atoms with van der Waals surface area (Å²) in [6.45, 7) is 4.54. The van der Waals surface area contributed by atoms with Gasteiger partial charge in [-0.2, -0.15) is 0 Å². The van der Waals surface area contributed by atoms with Crippen molar-refractivity contribution < 1.29 is 8.83 Å². The van der Waals surface area contributed by atoms with E-state index < -0.39 is 0 Å². The van der Waals surface area contributed by atoms with Crippen LogP contribution in [0, 0.1) is 0 Å². The Hall–Kier alpha value is -7.56. The van der Waals surface area contributed by atoms with Crippen molar-refractivity contribution in [1.82, 2.24) is 0 Å². The minimum Gasteiger partial charge on any atom is -0.454 e. The minimum absolute atomic E-state index is 0.861. The Labute approximate surface area is 349 Å². The zero-order chi connectivity index (χ0) is 40.2. The smallest absolute Gasteiger partial charge is 0.159 e. The van der Waals surface area contributed by atoms with Crippen molar-refractivity contribution in [1.29, 1.82) is 0 Å². The zero-order valence-electron chi connectivity index (χ0n) is 33.6. The molecule has 0 spiro atoms. The van der Waals surface area contributed by atoms with Crippen LogP contribution in [0.25, 0.3) is 65.8 Å². The van der Waals surface area contributed by atoms with Crippen molar-refractivity contribution in [2.24, 2.45) is 0 Å². The van der Waals surface area contributed by atoms with Crippen LogP contribution in [0.5, 0.6) is 0 Å². The van der Waals surface area contributed by atoms with Gasteiger partial charge >= 0.3 is 0 Å². The van der Waals surface area contributed by atoms with Crippen LogP contribution in [0.2, 0.25) is 0 Å². The summed E-state index contributed by atoms with van der Waals surface area (Å²) in [5.74, 6) is 0. The van der Waals surface area contributed by atoms with Gasteiger partial charge in [0.05, 0.1) is 17.1 Å². The fourth-order valence-electron chi connectivity index (χ4n) is 9.26. The van der Waals surface area contributed by atoms with E-state index in [1.807, 2.05) is 12.1 Å². The van der Waals surface area contributed by atoms with Crippen molar-refractivity contribution in [2.75, 3.05) is 9.80 Å². The van der Waals surface area contributed by atoms with Crippen molar-refractivity contribution in [3.8, 4) is 11.1 Å². The average molecular weight is 775 g/mol. The average Bonchev–Trinajstić information content (AvgIpc) is 3.89. The van der Waals surface area contributed by atoms with Gasteiger partial charge in [-0.1, -0.05) is 141 Å². The van der Waals surface area contributed by atoms with E-state index in [1.165, 1.54) is 33.0 Å². The fraction of sp³-hybridized carbons (Fsp3) is 0.0714. The summed E-state index contributed by atoms with van der Waals surface area (Å²) in [5, 5.41) is 6.85. The number of aryl methyl sites for hydroxylation is 2. The normalized spacial score (nSPS) is 11.6. The lowest BCUT2D eigenvalue weighted by Crippen LogP contribution is -2.12. The molecule has 0 bridgehead atoms. The third-order valence-electron chi connectivity index (χ3n) is 12.0. The summed E-state index contributed by atoms with van der Waals surface area (Å²) < 4.78 is 13.3. The second-order valence-corrected chi connectivity index (χ2v) is 15.4. The number of benzene rings is 9. The van der Waals surface area contributed by atoms with Crippen LogP contribution in [0.3, 0.4) is 0 Å². The lowest BCUT2D eigenvalue weighted by Gasteiger charge is -2.29. The maximum atomic E-state index is 6.68. The molecule has 0 fully saturated rings. The monoisotopic (exact) mass is 774 g/mol. The maximum absolute atomic E-state index is 6.68. The number of hydrogen-bond donors (Lipinski definition) is 0. The summed E-state index contributed by atoms with van der Waals surface area (Å²) in [6, 6.07) is 69.2. The number of rotatable bonds is 9. The first-order chi connectivity index (χ1) is 29.7. The van der Waals surface area contributed by atoms with Gasteiger partial charge in [-0.05, 0) is 107 Å². The van der Waals surface area contributed by atoms with Crippen LogP contribution >= 0.6 is 0 Å². The van der Waals surface area contributed by atoms with E-state index in [4.69, 9.17) is 8.83 Å². The Kier molecular flexibility index (Phi) is 8.70. The predicted molar refractivity (Wildman–Crippen MR) is 252 cm³/mol. The standard InChI is InChI=1S/C56H42N2O2/c1-3-37-35-41(57(39-19-7-5-8-20-39)49-29-17-27-47-44-24-13-15-31-52(44)59-55(47)49)33-34-42(37)54-38(4-2)36-51(43-23-11-12-26-46(43)54)58(40-21-9-6-10-22-40)50-30-18-28-48-45-25-14-16-32-53(45)60-56(48)50/h5-36H,3-4H2,1-2H3. The van der Waals surface area contributed by atoms with E-state index in [2.05, 4.69) is 206 Å². The Bertz CT molecular complexity index is 3360. The molecule has 4 heteroatoms. The first-order valence-electron chi connectivity index (χ1n) is 20.9. The van der Waals surface area contributed by atoms with Gasteiger partial charge in [-0.15, -0.1) is 0 Å². The van der Waals surface area contributed by atoms with Crippen molar-refractivity contribution in [3.63, 3.8) is 0 Å². The summed E-state index contributed by atoms with van der Waals surface area (Å²) >= 11 is 0. The van der Waals surface area contributed by atoms with Crippen molar-refractivity contribution >= 4 is 88.8 Å². The number of hydrogen-bond acceptors (Lipinski definition) is 4. The minimum atomic E-state index is 0.861. The molecule has 11 aromatic rings. The molecule has 0 aliphatic rings. The molecule has 11 rings (SSSR count). The molecule has 0 amide bonds. The first kappa shape index (κ1) is 35.6. The van der Waals surface area contributed by atoms with Gasteiger partial charge in [-0.25, -0.2) is 0 Å². The van der Waals surface area contributed by atoms with E-state index in [0.29, 0.717) is 0 Å². The summed E-state index contributed by atoms with van der Waals surface area (Å²) in [7, 11) is 0. The molecule has 0 atom stereocenters. The van der Waals surface area contributed by atoms with E-state index >= 15 is 0 Å². The van der Waals surface area contributed by atoms with Gasteiger partial charge in [-0.3, -0.25) is 0 Å².